The van der Waals surface area contributed by atoms with Crippen LogP contribution in [-0.4, -0.2) is 11.1 Å². The van der Waals surface area contributed by atoms with Crippen LogP contribution in [0.2, 0.25) is 0 Å². The number of carbonyl (C=O) groups is 1. The molecular weight excluding hydrogens is 263 g/mol. The molecule has 2 rings (SSSR count). The Kier molecular flexibility index (Phi) is 4.58. The van der Waals surface area contributed by atoms with Gasteiger partial charge in [0.1, 0.15) is 5.82 Å². The Hall–Kier alpha value is -1.81. The third-order valence-corrected chi connectivity index (χ3v) is 3.70. The van der Waals surface area contributed by atoms with Crippen LogP contribution in [0, 0.1) is 5.82 Å². The molecule has 0 aliphatic rings. The molecule has 0 aliphatic heterocycles. The van der Waals surface area contributed by atoms with Crippen molar-refractivity contribution in [3.8, 4) is 0 Å². The van der Waals surface area contributed by atoms with Gasteiger partial charge in [0.2, 0.25) is 0 Å². The van der Waals surface area contributed by atoms with Crippen LogP contribution in [0.25, 0.3) is 0 Å². The fourth-order valence-electron chi connectivity index (χ4n) is 1.66. The summed E-state index contributed by atoms with van der Waals surface area (Å²) in [7, 11) is 0. The van der Waals surface area contributed by atoms with Crippen molar-refractivity contribution in [1.82, 2.24) is 0 Å². The molecule has 0 amide bonds. The van der Waals surface area contributed by atoms with Crippen LogP contribution < -0.4 is 0 Å². The number of carboxylic acids is 1. The molecular formula is C15H13FO2S. The minimum atomic E-state index is -0.912. The van der Waals surface area contributed by atoms with E-state index >= 15 is 0 Å². The highest BCUT2D eigenvalue weighted by atomic mass is 32.2. The number of thioether (sulfide) groups is 1. The molecule has 19 heavy (non-hydrogen) atoms. The quantitative estimate of drug-likeness (QED) is 0.898. The molecule has 2 nitrogen and oxygen atoms in total. The van der Waals surface area contributed by atoms with Gasteiger partial charge in [0.25, 0.3) is 0 Å². The van der Waals surface area contributed by atoms with Gasteiger partial charge in [0.15, 0.2) is 0 Å². The average Bonchev–Trinajstić information content (AvgIpc) is 2.41. The van der Waals surface area contributed by atoms with Crippen molar-refractivity contribution in [3.63, 3.8) is 0 Å². The van der Waals surface area contributed by atoms with Gasteiger partial charge in [-0.25, -0.2) is 9.18 Å². The van der Waals surface area contributed by atoms with Crippen LogP contribution in [0.5, 0.6) is 0 Å². The number of aromatic carboxylic acids is 1. The van der Waals surface area contributed by atoms with E-state index in [-0.39, 0.29) is 5.82 Å². The van der Waals surface area contributed by atoms with Crippen molar-refractivity contribution in [2.45, 2.75) is 11.5 Å². The van der Waals surface area contributed by atoms with E-state index in [1.54, 1.807) is 42.1 Å². The number of hydrogen-bond acceptors (Lipinski definition) is 2. The number of carboxylic acid groups (broad SMARTS) is 1. The van der Waals surface area contributed by atoms with E-state index in [2.05, 4.69) is 0 Å². The lowest BCUT2D eigenvalue weighted by atomic mass is 10.1. The van der Waals surface area contributed by atoms with E-state index in [0.717, 1.165) is 22.6 Å². The molecule has 98 valence electrons. The minimum Gasteiger partial charge on any atom is -0.478 e. The first-order valence-corrected chi connectivity index (χ1v) is 6.95. The van der Waals surface area contributed by atoms with Crippen LogP contribution in [0.3, 0.4) is 0 Å². The average molecular weight is 276 g/mol. The maximum atomic E-state index is 12.7. The van der Waals surface area contributed by atoms with Crippen molar-refractivity contribution in [2.75, 3.05) is 0 Å². The third-order valence-electron chi connectivity index (χ3n) is 2.62. The van der Waals surface area contributed by atoms with E-state index in [1.807, 2.05) is 6.07 Å². The molecule has 0 aliphatic carbocycles. The molecule has 0 atom stereocenters. The number of hydrogen-bond donors (Lipinski definition) is 1. The molecule has 0 unspecified atom stereocenters. The van der Waals surface area contributed by atoms with Crippen molar-refractivity contribution >= 4 is 17.7 Å². The first-order chi connectivity index (χ1) is 9.15. The van der Waals surface area contributed by atoms with Gasteiger partial charge < -0.3 is 5.11 Å². The number of benzene rings is 2. The zero-order valence-corrected chi connectivity index (χ0v) is 11.0. The molecule has 0 aromatic heterocycles. The van der Waals surface area contributed by atoms with Gasteiger partial charge in [-0.2, -0.15) is 11.8 Å². The summed E-state index contributed by atoms with van der Waals surface area (Å²) in [5, 5.41) is 8.90. The molecule has 0 radical (unpaired) electrons. The molecule has 2 aromatic rings. The maximum absolute atomic E-state index is 12.7. The minimum absolute atomic E-state index is 0.233. The lowest BCUT2D eigenvalue weighted by molar-refractivity contribution is 0.0697. The molecule has 4 heteroatoms. The predicted molar refractivity (Wildman–Crippen MR) is 74.8 cm³/mol. The molecule has 0 bridgehead atoms. The van der Waals surface area contributed by atoms with E-state index in [0.29, 0.717) is 5.56 Å². The summed E-state index contributed by atoms with van der Waals surface area (Å²) in [6.45, 7) is 0. The van der Waals surface area contributed by atoms with E-state index in [9.17, 15) is 9.18 Å². The van der Waals surface area contributed by atoms with Gasteiger partial charge >= 0.3 is 5.97 Å². The molecule has 0 spiro atoms. The van der Waals surface area contributed by atoms with Crippen LogP contribution >= 0.6 is 11.8 Å². The predicted octanol–water partition coefficient (Wildman–Crippen LogP) is 3.96. The van der Waals surface area contributed by atoms with E-state index < -0.39 is 5.97 Å². The Morgan fingerprint density at radius 1 is 1.05 bits per heavy atom. The summed E-state index contributed by atoms with van der Waals surface area (Å²) in [5.41, 5.74) is 2.34. The second-order valence-corrected chi connectivity index (χ2v) is 5.11. The Morgan fingerprint density at radius 2 is 1.74 bits per heavy atom. The highest BCUT2D eigenvalue weighted by molar-refractivity contribution is 7.97. The largest absolute Gasteiger partial charge is 0.478 e. The fourth-order valence-corrected chi connectivity index (χ4v) is 2.61. The second kappa shape index (κ2) is 6.38. The van der Waals surface area contributed by atoms with Crippen LogP contribution in [0.15, 0.2) is 48.5 Å². The number of rotatable bonds is 5. The molecule has 0 fully saturated rings. The topological polar surface area (TPSA) is 37.3 Å². The first kappa shape index (κ1) is 13.6. The van der Waals surface area contributed by atoms with E-state index in [1.165, 1.54) is 12.1 Å². The fraction of sp³-hybridized carbons (Fsp3) is 0.133. The molecule has 0 saturated carbocycles. The van der Waals surface area contributed by atoms with Crippen LogP contribution in [0.1, 0.15) is 21.5 Å². The van der Waals surface area contributed by atoms with Gasteiger partial charge in [-0.3, -0.25) is 0 Å². The summed E-state index contributed by atoms with van der Waals surface area (Å²) < 4.78 is 12.7. The highest BCUT2D eigenvalue weighted by Gasteiger charge is 2.03. The SMILES string of the molecule is O=C(O)c1cccc(CSCc2ccc(F)cc2)c1. The Bertz CT molecular complexity index is 567. The second-order valence-electron chi connectivity index (χ2n) is 4.12. The van der Waals surface area contributed by atoms with Crippen LogP contribution in [0.4, 0.5) is 4.39 Å². The molecule has 0 saturated heterocycles. The standard InChI is InChI=1S/C15H13FO2S/c16-14-6-4-11(5-7-14)9-19-10-12-2-1-3-13(8-12)15(17)18/h1-8H,9-10H2,(H,17,18). The van der Waals surface area contributed by atoms with Gasteiger partial charge in [0, 0.05) is 11.5 Å². The Morgan fingerprint density at radius 3 is 2.42 bits per heavy atom. The number of halogens is 1. The molecule has 2 aromatic carbocycles. The van der Waals surface area contributed by atoms with Gasteiger partial charge in [0.05, 0.1) is 5.56 Å². The summed E-state index contributed by atoms with van der Waals surface area (Å²) >= 11 is 1.67. The van der Waals surface area contributed by atoms with Crippen LogP contribution in [-0.2, 0) is 11.5 Å². The third kappa shape index (κ3) is 4.10. The summed E-state index contributed by atoms with van der Waals surface area (Å²) in [6, 6.07) is 13.3. The lowest BCUT2D eigenvalue weighted by Gasteiger charge is -2.03. The van der Waals surface area contributed by atoms with Gasteiger partial charge in [-0.15, -0.1) is 0 Å². The van der Waals surface area contributed by atoms with Crippen molar-refractivity contribution in [2.24, 2.45) is 0 Å². The zero-order valence-electron chi connectivity index (χ0n) is 10.2. The highest BCUT2D eigenvalue weighted by Crippen LogP contribution is 2.18. The lowest BCUT2D eigenvalue weighted by Crippen LogP contribution is -1.96. The van der Waals surface area contributed by atoms with Gasteiger partial charge in [-0.05, 0) is 35.4 Å². The van der Waals surface area contributed by atoms with Crippen molar-refractivity contribution in [1.29, 1.82) is 0 Å². The van der Waals surface area contributed by atoms with Crippen molar-refractivity contribution < 1.29 is 14.3 Å². The maximum Gasteiger partial charge on any atom is 0.335 e. The first-order valence-electron chi connectivity index (χ1n) is 5.79. The normalized spacial score (nSPS) is 10.4. The zero-order chi connectivity index (χ0) is 13.7. The molecule has 1 N–H and O–H groups in total. The van der Waals surface area contributed by atoms with Gasteiger partial charge in [-0.1, -0.05) is 24.3 Å². The molecule has 0 heterocycles. The summed E-state index contributed by atoms with van der Waals surface area (Å²) in [4.78, 5) is 10.8. The van der Waals surface area contributed by atoms with E-state index in [4.69, 9.17) is 5.11 Å². The Labute approximate surface area is 115 Å². The Balaban J connectivity index is 1.90. The smallest absolute Gasteiger partial charge is 0.335 e. The summed E-state index contributed by atoms with van der Waals surface area (Å²) in [5.74, 6) is 0.365. The summed E-state index contributed by atoms with van der Waals surface area (Å²) in [6.07, 6.45) is 0. The monoisotopic (exact) mass is 276 g/mol. The van der Waals surface area contributed by atoms with Crippen molar-refractivity contribution in [3.05, 3.63) is 71.0 Å².